The Morgan fingerprint density at radius 1 is 0.978 bits per heavy atom. The quantitative estimate of drug-likeness (QED) is 0.177. The number of benzene rings is 1. The molecule has 0 saturated carbocycles. The molecule has 1 amide bonds. The molecule has 0 bridgehead atoms. The van der Waals surface area contributed by atoms with Crippen molar-refractivity contribution in [1.82, 2.24) is 20.3 Å². The van der Waals surface area contributed by atoms with Crippen molar-refractivity contribution < 1.29 is 43.7 Å². The number of carboxylic acids is 2. The maximum absolute atomic E-state index is 13.2. The van der Waals surface area contributed by atoms with Crippen LogP contribution in [0.1, 0.15) is 66.7 Å². The second-order valence-corrected chi connectivity index (χ2v) is 10.4. The number of aromatic amines is 1. The molecule has 0 aliphatic carbocycles. The van der Waals surface area contributed by atoms with Gasteiger partial charge in [0.2, 0.25) is 5.95 Å². The Morgan fingerprint density at radius 2 is 1.64 bits per heavy atom. The van der Waals surface area contributed by atoms with Crippen LogP contribution >= 0.6 is 11.6 Å². The summed E-state index contributed by atoms with van der Waals surface area (Å²) in [5.74, 6) is -4.40. The van der Waals surface area contributed by atoms with Crippen molar-refractivity contribution in [2.24, 2.45) is 0 Å². The number of nitrogens with zero attached hydrogens (tertiary/aromatic N) is 2. The molecule has 3 N–H and O–H groups in total. The third-order valence-electron chi connectivity index (χ3n) is 6.48. The monoisotopic (exact) mass is 641 g/mol. The average molecular weight is 642 g/mol. The smallest absolute Gasteiger partial charge is 0.306 e. The zero-order valence-corrected chi connectivity index (χ0v) is 25.3. The highest BCUT2D eigenvalue weighted by Gasteiger charge is 2.21. The van der Waals surface area contributed by atoms with Crippen LogP contribution < -0.4 is 20.8 Å². The zero-order valence-electron chi connectivity index (χ0n) is 24.6. The van der Waals surface area contributed by atoms with Gasteiger partial charge in [0.1, 0.15) is 18.9 Å². The maximum Gasteiger partial charge on any atom is 0.306 e. The predicted octanol–water partition coefficient (Wildman–Crippen LogP) is 1.24. The van der Waals surface area contributed by atoms with E-state index >= 15 is 0 Å². The van der Waals surface area contributed by atoms with Crippen LogP contribution in [0.5, 0.6) is 0 Å². The fourth-order valence-corrected chi connectivity index (χ4v) is 4.21. The summed E-state index contributed by atoms with van der Waals surface area (Å²) in [4.78, 5) is 70.0. The topological polar surface area (TPSA) is 216 Å². The summed E-state index contributed by atoms with van der Waals surface area (Å²) < 4.78 is 10.4. The largest absolute Gasteiger partial charge is 0.550 e. The van der Waals surface area contributed by atoms with Gasteiger partial charge < -0.3 is 44.9 Å². The number of nitrogens with one attached hydrogen (secondary N) is 3. The Bertz CT molecular complexity index is 1530. The first-order valence-electron chi connectivity index (χ1n) is 14.0. The number of aliphatic carboxylic acids is 2. The number of esters is 2. The number of rotatable bonds is 17. The van der Waals surface area contributed by atoms with Crippen LogP contribution in [0.2, 0.25) is 5.02 Å². The molecule has 0 spiro atoms. The predicted molar refractivity (Wildman–Crippen MR) is 156 cm³/mol. The molecule has 14 nitrogen and oxygen atoms in total. The fraction of sp³-hybridized carbons (Fsp3) is 0.367. The summed E-state index contributed by atoms with van der Waals surface area (Å²) >= 11 is 6.12. The van der Waals surface area contributed by atoms with E-state index < -0.39 is 48.7 Å². The lowest BCUT2D eigenvalue weighted by Gasteiger charge is -2.19. The van der Waals surface area contributed by atoms with E-state index in [1.807, 2.05) is 6.92 Å². The lowest BCUT2D eigenvalue weighted by atomic mass is 10.1. The lowest BCUT2D eigenvalue weighted by molar-refractivity contribution is -0.307. The van der Waals surface area contributed by atoms with Gasteiger partial charge in [-0.2, -0.15) is 0 Å². The summed E-state index contributed by atoms with van der Waals surface area (Å²) in [6.45, 7) is 3.37. The molecule has 0 unspecified atom stereocenters. The van der Waals surface area contributed by atoms with Crippen molar-refractivity contribution >= 4 is 47.3 Å². The van der Waals surface area contributed by atoms with Gasteiger partial charge in [-0.05, 0) is 55.5 Å². The lowest BCUT2D eigenvalue weighted by Crippen LogP contribution is -2.32. The van der Waals surface area contributed by atoms with Crippen molar-refractivity contribution in [3.8, 4) is 11.3 Å². The van der Waals surface area contributed by atoms with E-state index in [0.717, 1.165) is 0 Å². The number of anilines is 1. The van der Waals surface area contributed by atoms with Gasteiger partial charge in [0, 0.05) is 34.9 Å². The van der Waals surface area contributed by atoms with Gasteiger partial charge in [-0.25, -0.2) is 9.97 Å². The Morgan fingerprint density at radius 3 is 2.27 bits per heavy atom. The Hall–Kier alpha value is -4.98. The van der Waals surface area contributed by atoms with Crippen molar-refractivity contribution in [2.75, 3.05) is 18.5 Å². The minimum Gasteiger partial charge on any atom is -0.550 e. The Labute approximate surface area is 263 Å². The molecule has 1 aromatic carbocycles. The normalized spacial score (nSPS) is 12.1. The molecule has 0 radical (unpaired) electrons. The minimum atomic E-state index is -1.38. The van der Waals surface area contributed by atoms with E-state index in [4.69, 9.17) is 21.1 Å². The van der Waals surface area contributed by atoms with Crippen LogP contribution in [0.4, 0.5) is 5.95 Å². The van der Waals surface area contributed by atoms with Crippen LogP contribution in [-0.2, 0) is 28.7 Å². The number of amides is 1. The molecule has 15 heteroatoms. The van der Waals surface area contributed by atoms with Crippen LogP contribution in [0.15, 0.2) is 42.7 Å². The molecule has 2 heterocycles. The molecule has 0 fully saturated rings. The average Bonchev–Trinajstić information content (AvgIpc) is 3.50. The standard InChI is InChI=1S/C30H34ClN5O9/c1-3-21(15-44-26(41)9-7-24(37)38)34-30-33-13-17(2)28(36-30)19-12-22(32-14-19)29(43)35-23(18-5-4-6-20(31)11-18)16-45-27(42)10-8-25(39)40/h4-6,11-14,21,23,32H,3,7-10,15-16H2,1-2H3,(H,35,43)(H,37,38)(H,39,40)(H,33,34,36)/p-2/t21-,23+/m0/s1. The molecule has 0 aliphatic rings. The summed E-state index contributed by atoms with van der Waals surface area (Å²) in [5.41, 5.74) is 2.57. The maximum atomic E-state index is 13.2. The van der Waals surface area contributed by atoms with E-state index in [0.29, 0.717) is 33.8 Å². The molecule has 3 aromatic rings. The van der Waals surface area contributed by atoms with E-state index in [-0.39, 0.29) is 43.7 Å². The summed E-state index contributed by atoms with van der Waals surface area (Å²) in [6, 6.07) is 7.07. The molecule has 0 saturated heterocycles. The number of halogens is 1. The van der Waals surface area contributed by atoms with Crippen LogP contribution in [0.3, 0.4) is 0 Å². The van der Waals surface area contributed by atoms with Crippen molar-refractivity contribution in [1.29, 1.82) is 0 Å². The van der Waals surface area contributed by atoms with Crippen molar-refractivity contribution in [3.05, 3.63) is 64.6 Å². The first kappa shape index (κ1) is 34.5. The number of aryl methyl sites for hydroxylation is 1. The third-order valence-corrected chi connectivity index (χ3v) is 6.71. The Kier molecular flexibility index (Phi) is 12.8. The number of ether oxygens (including phenoxy) is 2. The second-order valence-electron chi connectivity index (χ2n) is 9.97. The molecule has 45 heavy (non-hydrogen) atoms. The second kappa shape index (κ2) is 16.8. The van der Waals surface area contributed by atoms with Gasteiger partial charge in [0.15, 0.2) is 0 Å². The molecule has 2 aromatic heterocycles. The van der Waals surface area contributed by atoms with E-state index in [1.165, 1.54) is 0 Å². The van der Waals surface area contributed by atoms with Crippen molar-refractivity contribution in [2.45, 2.75) is 58.0 Å². The van der Waals surface area contributed by atoms with Gasteiger partial charge in [0.25, 0.3) is 5.91 Å². The Balaban J connectivity index is 1.70. The van der Waals surface area contributed by atoms with Gasteiger partial charge in [-0.15, -0.1) is 0 Å². The van der Waals surface area contributed by atoms with Crippen molar-refractivity contribution in [3.63, 3.8) is 0 Å². The zero-order chi connectivity index (χ0) is 32.9. The van der Waals surface area contributed by atoms with E-state index in [9.17, 15) is 34.2 Å². The molecular weight excluding hydrogens is 610 g/mol. The number of carbonyl (C=O) groups is 5. The SMILES string of the molecule is CC[C@@H](COC(=O)CCC(=O)[O-])Nc1ncc(C)c(-c2c[nH]c(C(=O)N[C@H](COC(=O)CCC(=O)[O-])c3cccc(Cl)c3)c2)n1. The highest BCUT2D eigenvalue weighted by atomic mass is 35.5. The van der Waals surface area contributed by atoms with Crippen LogP contribution in [0, 0.1) is 6.92 Å². The third kappa shape index (κ3) is 11.2. The van der Waals surface area contributed by atoms with E-state index in [1.54, 1.807) is 49.6 Å². The molecular formula is C30H32ClN5O9-2. The summed E-state index contributed by atoms with van der Waals surface area (Å²) in [6.07, 6.45) is 2.17. The first-order chi connectivity index (χ1) is 21.4. The molecule has 2 atom stereocenters. The van der Waals surface area contributed by atoms with Gasteiger partial charge in [-0.1, -0.05) is 30.7 Å². The first-order valence-corrected chi connectivity index (χ1v) is 14.4. The highest BCUT2D eigenvalue weighted by Crippen LogP contribution is 2.24. The number of H-pyrrole nitrogens is 1. The highest BCUT2D eigenvalue weighted by molar-refractivity contribution is 6.30. The summed E-state index contributed by atoms with van der Waals surface area (Å²) in [7, 11) is 0. The fourth-order valence-electron chi connectivity index (χ4n) is 4.01. The number of carboxylic acid groups (broad SMARTS) is 2. The molecule has 0 aliphatic heterocycles. The number of hydrogen-bond acceptors (Lipinski definition) is 12. The van der Waals surface area contributed by atoms with Crippen LogP contribution in [0.25, 0.3) is 11.3 Å². The number of hydrogen-bond donors (Lipinski definition) is 3. The van der Waals surface area contributed by atoms with Gasteiger partial charge in [-0.3, -0.25) is 14.4 Å². The molecule has 240 valence electrons. The van der Waals surface area contributed by atoms with Gasteiger partial charge >= 0.3 is 11.9 Å². The molecule has 3 rings (SSSR count). The number of aromatic nitrogens is 3. The minimum absolute atomic E-state index is 0.0245. The van der Waals surface area contributed by atoms with Gasteiger partial charge in [0.05, 0.1) is 30.6 Å². The summed E-state index contributed by atoms with van der Waals surface area (Å²) in [5, 5.41) is 27.5. The van der Waals surface area contributed by atoms with E-state index in [2.05, 4.69) is 25.6 Å². The number of carbonyl (C=O) groups excluding carboxylic acids is 5. The van der Waals surface area contributed by atoms with Crippen LogP contribution in [-0.4, -0.2) is 64.0 Å².